The molecular formula is C19H31N. The number of hydrogen-bond acceptors (Lipinski definition) is 1. The number of benzene rings is 1. The Kier molecular flexibility index (Phi) is 6.59. The Morgan fingerprint density at radius 3 is 2.40 bits per heavy atom. The molecule has 0 heterocycles. The summed E-state index contributed by atoms with van der Waals surface area (Å²) in [5, 5.41) is 0. The highest BCUT2D eigenvalue weighted by Crippen LogP contribution is 2.35. The quantitative estimate of drug-likeness (QED) is 0.611. The topological polar surface area (TPSA) is 3.24 Å². The lowest BCUT2D eigenvalue weighted by atomic mass is 9.97. The Hall–Kier alpha value is -0.820. The minimum Gasteiger partial charge on any atom is -0.303 e. The lowest BCUT2D eigenvalue weighted by Gasteiger charge is -2.24. The molecule has 0 saturated heterocycles. The summed E-state index contributed by atoms with van der Waals surface area (Å²) < 4.78 is 0. The number of fused-ring (bicyclic) bond motifs is 1. The van der Waals surface area contributed by atoms with Crippen molar-refractivity contribution in [2.24, 2.45) is 0 Å². The predicted molar refractivity (Wildman–Crippen MR) is 88.4 cm³/mol. The van der Waals surface area contributed by atoms with Crippen LogP contribution in [0.15, 0.2) is 24.3 Å². The molecule has 112 valence electrons. The first-order valence-electron chi connectivity index (χ1n) is 8.65. The van der Waals surface area contributed by atoms with Gasteiger partial charge in [-0.15, -0.1) is 0 Å². The smallest absolute Gasteiger partial charge is 0.00129 e. The molecule has 0 unspecified atom stereocenters. The monoisotopic (exact) mass is 273 g/mol. The molecule has 0 aromatic heterocycles. The summed E-state index contributed by atoms with van der Waals surface area (Å²) >= 11 is 0. The zero-order valence-electron chi connectivity index (χ0n) is 13.4. The number of hydrogen-bond donors (Lipinski definition) is 0. The fourth-order valence-corrected chi connectivity index (χ4v) is 3.38. The van der Waals surface area contributed by atoms with E-state index < -0.39 is 0 Å². The van der Waals surface area contributed by atoms with Crippen molar-refractivity contribution >= 4 is 0 Å². The van der Waals surface area contributed by atoms with Crippen LogP contribution < -0.4 is 0 Å². The minimum atomic E-state index is 0.817. The molecule has 0 amide bonds. The van der Waals surface area contributed by atoms with Gasteiger partial charge in [0, 0.05) is 0 Å². The summed E-state index contributed by atoms with van der Waals surface area (Å²) in [6, 6.07) is 9.08. The Labute approximate surface area is 125 Å². The van der Waals surface area contributed by atoms with Crippen molar-refractivity contribution in [1.82, 2.24) is 4.90 Å². The third-order valence-electron chi connectivity index (χ3n) is 4.71. The molecule has 0 bridgehead atoms. The van der Waals surface area contributed by atoms with Crippen LogP contribution in [0.25, 0.3) is 0 Å². The predicted octanol–water partition coefficient (Wildman–Crippen LogP) is 5.01. The van der Waals surface area contributed by atoms with Crippen LogP contribution in [0.2, 0.25) is 0 Å². The van der Waals surface area contributed by atoms with E-state index >= 15 is 0 Å². The van der Waals surface area contributed by atoms with Crippen molar-refractivity contribution < 1.29 is 0 Å². The van der Waals surface area contributed by atoms with Crippen molar-refractivity contribution in [3.05, 3.63) is 35.4 Å². The highest BCUT2D eigenvalue weighted by Gasteiger charge is 2.22. The molecule has 1 aromatic carbocycles. The SMILES string of the molecule is CCCCN(CCCC)CC[C@@H]1CCc2ccccc21. The van der Waals surface area contributed by atoms with Gasteiger partial charge < -0.3 is 4.90 Å². The van der Waals surface area contributed by atoms with Gasteiger partial charge in [-0.2, -0.15) is 0 Å². The Morgan fingerprint density at radius 2 is 1.70 bits per heavy atom. The van der Waals surface area contributed by atoms with Crippen LogP contribution in [0.4, 0.5) is 0 Å². The Morgan fingerprint density at radius 1 is 1.00 bits per heavy atom. The van der Waals surface area contributed by atoms with Crippen LogP contribution in [-0.2, 0) is 6.42 Å². The minimum absolute atomic E-state index is 0.817. The summed E-state index contributed by atoms with van der Waals surface area (Å²) in [4.78, 5) is 2.70. The maximum atomic E-state index is 2.70. The standard InChI is InChI=1S/C19H31N/c1-3-5-14-20(15-6-4-2)16-13-18-12-11-17-9-7-8-10-19(17)18/h7-10,18H,3-6,11-16H2,1-2H3/t18-/m0/s1. The Balaban J connectivity index is 1.83. The van der Waals surface area contributed by atoms with Crippen LogP contribution in [0, 0.1) is 0 Å². The van der Waals surface area contributed by atoms with E-state index in [1.165, 1.54) is 64.6 Å². The number of nitrogens with zero attached hydrogens (tertiary/aromatic N) is 1. The molecule has 1 aromatic rings. The first kappa shape index (κ1) is 15.6. The summed E-state index contributed by atoms with van der Waals surface area (Å²) in [7, 11) is 0. The van der Waals surface area contributed by atoms with Crippen LogP contribution >= 0.6 is 0 Å². The van der Waals surface area contributed by atoms with Gasteiger partial charge in [-0.3, -0.25) is 0 Å². The van der Waals surface area contributed by atoms with Gasteiger partial charge in [0.05, 0.1) is 0 Å². The molecule has 0 spiro atoms. The Bertz CT molecular complexity index is 377. The van der Waals surface area contributed by atoms with E-state index in [9.17, 15) is 0 Å². The molecule has 20 heavy (non-hydrogen) atoms. The normalized spacial score (nSPS) is 17.6. The molecule has 1 heteroatoms. The van der Waals surface area contributed by atoms with Gasteiger partial charge in [0.15, 0.2) is 0 Å². The maximum absolute atomic E-state index is 2.70. The van der Waals surface area contributed by atoms with Gasteiger partial charge >= 0.3 is 0 Å². The summed E-state index contributed by atoms with van der Waals surface area (Å²) in [5.74, 6) is 0.817. The van der Waals surface area contributed by atoms with Gasteiger partial charge in [0.1, 0.15) is 0 Å². The average Bonchev–Trinajstić information content (AvgIpc) is 2.90. The highest BCUT2D eigenvalue weighted by atomic mass is 15.1. The second-order valence-corrected chi connectivity index (χ2v) is 6.27. The van der Waals surface area contributed by atoms with Gasteiger partial charge in [0.25, 0.3) is 0 Å². The summed E-state index contributed by atoms with van der Waals surface area (Å²) in [6.45, 7) is 8.48. The van der Waals surface area contributed by atoms with Crippen LogP contribution in [0.1, 0.15) is 69.4 Å². The third kappa shape index (κ3) is 4.34. The van der Waals surface area contributed by atoms with Gasteiger partial charge in [-0.05, 0) is 68.8 Å². The molecular weight excluding hydrogens is 242 g/mol. The van der Waals surface area contributed by atoms with E-state index in [1.807, 2.05) is 0 Å². The molecule has 0 fully saturated rings. The second kappa shape index (κ2) is 8.46. The molecule has 1 aliphatic rings. The maximum Gasteiger partial charge on any atom is -0.00129 e. The molecule has 1 aliphatic carbocycles. The van der Waals surface area contributed by atoms with E-state index in [-0.39, 0.29) is 0 Å². The lowest BCUT2D eigenvalue weighted by Crippen LogP contribution is -2.28. The van der Waals surface area contributed by atoms with Crippen molar-refractivity contribution in [3.8, 4) is 0 Å². The molecule has 1 atom stereocenters. The van der Waals surface area contributed by atoms with E-state index in [0.717, 1.165) is 5.92 Å². The average molecular weight is 273 g/mol. The van der Waals surface area contributed by atoms with Crippen molar-refractivity contribution in [2.45, 2.75) is 64.7 Å². The summed E-state index contributed by atoms with van der Waals surface area (Å²) in [6.07, 6.45) is 9.35. The van der Waals surface area contributed by atoms with Gasteiger partial charge in [-0.1, -0.05) is 51.0 Å². The van der Waals surface area contributed by atoms with Crippen molar-refractivity contribution in [1.29, 1.82) is 0 Å². The molecule has 0 aliphatic heterocycles. The fourth-order valence-electron chi connectivity index (χ4n) is 3.38. The van der Waals surface area contributed by atoms with Crippen molar-refractivity contribution in [3.63, 3.8) is 0 Å². The number of rotatable bonds is 9. The molecule has 2 rings (SSSR count). The zero-order chi connectivity index (χ0) is 14.2. The van der Waals surface area contributed by atoms with Gasteiger partial charge in [-0.25, -0.2) is 0 Å². The van der Waals surface area contributed by atoms with E-state index in [2.05, 4.69) is 43.0 Å². The molecule has 0 radical (unpaired) electrons. The van der Waals surface area contributed by atoms with E-state index in [4.69, 9.17) is 0 Å². The highest BCUT2D eigenvalue weighted by molar-refractivity contribution is 5.34. The van der Waals surface area contributed by atoms with Crippen molar-refractivity contribution in [2.75, 3.05) is 19.6 Å². The lowest BCUT2D eigenvalue weighted by molar-refractivity contribution is 0.254. The first-order valence-corrected chi connectivity index (χ1v) is 8.65. The molecule has 1 nitrogen and oxygen atoms in total. The molecule has 0 N–H and O–H groups in total. The summed E-state index contributed by atoms with van der Waals surface area (Å²) in [5.41, 5.74) is 3.24. The second-order valence-electron chi connectivity index (χ2n) is 6.27. The van der Waals surface area contributed by atoms with E-state index in [1.54, 1.807) is 11.1 Å². The first-order chi connectivity index (χ1) is 9.85. The fraction of sp³-hybridized carbons (Fsp3) is 0.684. The number of unbranched alkanes of at least 4 members (excludes halogenated alkanes) is 2. The van der Waals surface area contributed by atoms with Crippen LogP contribution in [0.3, 0.4) is 0 Å². The largest absolute Gasteiger partial charge is 0.303 e. The van der Waals surface area contributed by atoms with Crippen LogP contribution in [-0.4, -0.2) is 24.5 Å². The van der Waals surface area contributed by atoms with E-state index in [0.29, 0.717) is 0 Å². The third-order valence-corrected chi connectivity index (χ3v) is 4.71. The zero-order valence-corrected chi connectivity index (χ0v) is 13.4. The van der Waals surface area contributed by atoms with Crippen LogP contribution in [0.5, 0.6) is 0 Å². The van der Waals surface area contributed by atoms with Gasteiger partial charge in [0.2, 0.25) is 0 Å². The number of aryl methyl sites for hydroxylation is 1. The molecule has 0 saturated carbocycles.